The summed E-state index contributed by atoms with van der Waals surface area (Å²) < 4.78 is 17.2. The van der Waals surface area contributed by atoms with E-state index in [1.54, 1.807) is 19.1 Å². The number of nitrogens with zero attached hydrogens (tertiary/aromatic N) is 2. The fraction of sp³-hybridized carbons (Fsp3) is 0.600. The molecule has 2 aliphatic heterocycles. The van der Waals surface area contributed by atoms with Crippen LogP contribution in [-0.4, -0.2) is 69.0 Å². The molecule has 1 aromatic carbocycles. The van der Waals surface area contributed by atoms with Gasteiger partial charge in [-0.25, -0.2) is 0 Å². The minimum atomic E-state index is -0.486. The largest absolute Gasteiger partial charge is 0.493 e. The highest BCUT2D eigenvalue weighted by Gasteiger charge is 2.53. The second-order valence-electron chi connectivity index (χ2n) is 9.61. The van der Waals surface area contributed by atoms with Gasteiger partial charge in [-0.15, -0.1) is 0 Å². The SMILES string of the molecule is COc1ccc(C2C3=C(OC4CC(C)C(C)CC4C3=O)C(=O)N2CCN(C)C)cc1OC. The molecule has 0 aromatic heterocycles. The van der Waals surface area contributed by atoms with Crippen molar-refractivity contribution in [2.24, 2.45) is 17.8 Å². The lowest BCUT2D eigenvalue weighted by Gasteiger charge is -2.40. The average molecular weight is 443 g/mol. The number of Topliss-reactive ketones (excluding diaryl/α,β-unsaturated/α-hetero) is 1. The third kappa shape index (κ3) is 3.76. The first-order valence-electron chi connectivity index (χ1n) is 11.4. The molecule has 3 aliphatic rings. The molecule has 7 heteroatoms. The topological polar surface area (TPSA) is 68.3 Å². The molecule has 174 valence electrons. The van der Waals surface area contributed by atoms with Crippen molar-refractivity contribution in [1.29, 1.82) is 0 Å². The zero-order valence-electron chi connectivity index (χ0n) is 19.9. The van der Waals surface area contributed by atoms with E-state index in [9.17, 15) is 9.59 Å². The molecule has 7 nitrogen and oxygen atoms in total. The molecule has 5 unspecified atom stereocenters. The summed E-state index contributed by atoms with van der Waals surface area (Å²) in [7, 11) is 7.11. The second-order valence-corrected chi connectivity index (χ2v) is 9.61. The van der Waals surface area contributed by atoms with Gasteiger partial charge in [0.15, 0.2) is 23.0 Å². The molecule has 0 spiro atoms. The summed E-state index contributed by atoms with van der Waals surface area (Å²) in [6, 6.07) is 5.10. The summed E-state index contributed by atoms with van der Waals surface area (Å²) in [6.07, 6.45) is 1.39. The number of fused-ring (bicyclic) bond motifs is 1. The fourth-order valence-corrected chi connectivity index (χ4v) is 5.22. The van der Waals surface area contributed by atoms with E-state index in [1.165, 1.54) is 0 Å². The van der Waals surface area contributed by atoms with E-state index in [1.807, 2.05) is 37.2 Å². The number of carbonyl (C=O) groups excluding carboxylic acids is 2. The Bertz CT molecular complexity index is 940. The van der Waals surface area contributed by atoms with Gasteiger partial charge in [0.2, 0.25) is 0 Å². The molecule has 1 aromatic rings. The Hall–Kier alpha value is -2.54. The van der Waals surface area contributed by atoms with Crippen molar-refractivity contribution in [3.05, 3.63) is 35.1 Å². The number of amides is 1. The molecule has 0 saturated heterocycles. The van der Waals surface area contributed by atoms with E-state index < -0.39 is 6.04 Å². The lowest BCUT2D eigenvalue weighted by atomic mass is 9.70. The van der Waals surface area contributed by atoms with Crippen molar-refractivity contribution < 1.29 is 23.8 Å². The molecule has 4 rings (SSSR count). The summed E-state index contributed by atoms with van der Waals surface area (Å²) in [4.78, 5) is 31.1. The maximum absolute atomic E-state index is 13.8. The average Bonchev–Trinajstić information content (AvgIpc) is 3.05. The molecule has 0 N–H and O–H groups in total. The second kappa shape index (κ2) is 8.77. The maximum Gasteiger partial charge on any atom is 0.290 e. The number of ether oxygens (including phenoxy) is 3. The zero-order chi connectivity index (χ0) is 23.2. The Morgan fingerprint density at radius 3 is 2.41 bits per heavy atom. The first-order chi connectivity index (χ1) is 15.3. The fourth-order valence-electron chi connectivity index (χ4n) is 5.22. The monoisotopic (exact) mass is 442 g/mol. The van der Waals surface area contributed by atoms with Crippen LogP contribution >= 0.6 is 0 Å². The minimum absolute atomic E-state index is 0.0653. The highest BCUT2D eigenvalue weighted by atomic mass is 16.5. The van der Waals surface area contributed by atoms with Gasteiger partial charge in [-0.1, -0.05) is 19.9 Å². The van der Waals surface area contributed by atoms with Gasteiger partial charge in [-0.2, -0.15) is 0 Å². The Morgan fingerprint density at radius 2 is 1.75 bits per heavy atom. The van der Waals surface area contributed by atoms with Crippen molar-refractivity contribution in [2.45, 2.75) is 38.8 Å². The Morgan fingerprint density at radius 1 is 1.06 bits per heavy atom. The van der Waals surface area contributed by atoms with E-state index in [-0.39, 0.29) is 29.5 Å². The van der Waals surface area contributed by atoms with Gasteiger partial charge in [-0.05, 0) is 56.5 Å². The number of methoxy groups -OCH3 is 2. The van der Waals surface area contributed by atoms with Gasteiger partial charge < -0.3 is 24.0 Å². The molecule has 32 heavy (non-hydrogen) atoms. The van der Waals surface area contributed by atoms with Crippen LogP contribution in [0.3, 0.4) is 0 Å². The lowest BCUT2D eigenvalue weighted by molar-refractivity contribution is -0.137. The first-order valence-corrected chi connectivity index (χ1v) is 11.4. The van der Waals surface area contributed by atoms with E-state index in [0.717, 1.165) is 18.4 Å². The van der Waals surface area contributed by atoms with Gasteiger partial charge in [0.25, 0.3) is 5.91 Å². The minimum Gasteiger partial charge on any atom is -0.493 e. The number of hydrogen-bond acceptors (Lipinski definition) is 6. The summed E-state index contributed by atoms with van der Waals surface area (Å²) in [5, 5.41) is 0. The number of likely N-dealkylation sites (N-methyl/N-ethyl adjacent to an activating group) is 1. The molecule has 0 radical (unpaired) electrons. The van der Waals surface area contributed by atoms with Crippen LogP contribution in [0, 0.1) is 17.8 Å². The van der Waals surface area contributed by atoms with Gasteiger partial charge in [-0.3, -0.25) is 9.59 Å². The number of ketones is 1. The van der Waals surface area contributed by atoms with Crippen LogP contribution in [-0.2, 0) is 14.3 Å². The summed E-state index contributed by atoms with van der Waals surface area (Å²) in [6.45, 7) is 5.58. The third-order valence-electron chi connectivity index (χ3n) is 7.32. The third-order valence-corrected chi connectivity index (χ3v) is 7.32. The number of hydrogen-bond donors (Lipinski definition) is 0. The molecule has 1 amide bonds. The molecular formula is C25H34N2O5. The normalized spacial score (nSPS) is 29.7. The summed E-state index contributed by atoms with van der Waals surface area (Å²) >= 11 is 0. The van der Waals surface area contributed by atoms with Gasteiger partial charge in [0.1, 0.15) is 6.10 Å². The Labute approximate surface area is 190 Å². The van der Waals surface area contributed by atoms with Crippen LogP contribution in [0.25, 0.3) is 0 Å². The maximum atomic E-state index is 13.8. The molecule has 1 aliphatic carbocycles. The van der Waals surface area contributed by atoms with E-state index in [2.05, 4.69) is 13.8 Å². The van der Waals surface area contributed by atoms with E-state index in [0.29, 0.717) is 42.0 Å². The molecule has 1 fully saturated rings. The van der Waals surface area contributed by atoms with Crippen LogP contribution in [0.1, 0.15) is 38.3 Å². The number of benzene rings is 1. The van der Waals surface area contributed by atoms with Gasteiger partial charge >= 0.3 is 0 Å². The molecule has 1 saturated carbocycles. The number of rotatable bonds is 6. The van der Waals surface area contributed by atoms with Gasteiger partial charge in [0.05, 0.1) is 31.8 Å². The predicted octanol–water partition coefficient (Wildman–Crippen LogP) is 3.05. The van der Waals surface area contributed by atoms with Crippen molar-refractivity contribution in [3.8, 4) is 11.5 Å². The molecule has 0 bridgehead atoms. The van der Waals surface area contributed by atoms with Crippen molar-refractivity contribution in [2.75, 3.05) is 41.4 Å². The van der Waals surface area contributed by atoms with Crippen LogP contribution in [0.4, 0.5) is 0 Å². The lowest BCUT2D eigenvalue weighted by Crippen LogP contribution is -2.43. The first kappa shape index (κ1) is 22.6. The van der Waals surface area contributed by atoms with E-state index >= 15 is 0 Å². The summed E-state index contributed by atoms with van der Waals surface area (Å²) in [5.74, 6) is 2.02. The molecule has 5 atom stereocenters. The van der Waals surface area contributed by atoms with Crippen molar-refractivity contribution >= 4 is 11.7 Å². The summed E-state index contributed by atoms with van der Waals surface area (Å²) in [5.41, 5.74) is 1.33. The van der Waals surface area contributed by atoms with E-state index in [4.69, 9.17) is 14.2 Å². The smallest absolute Gasteiger partial charge is 0.290 e. The zero-order valence-corrected chi connectivity index (χ0v) is 19.9. The van der Waals surface area contributed by atoms with Crippen molar-refractivity contribution in [3.63, 3.8) is 0 Å². The van der Waals surface area contributed by atoms with Crippen LogP contribution in [0.5, 0.6) is 11.5 Å². The number of carbonyl (C=O) groups is 2. The van der Waals surface area contributed by atoms with Crippen LogP contribution in [0.15, 0.2) is 29.5 Å². The molecular weight excluding hydrogens is 408 g/mol. The van der Waals surface area contributed by atoms with Crippen molar-refractivity contribution in [1.82, 2.24) is 9.80 Å². The Balaban J connectivity index is 1.77. The quantitative estimate of drug-likeness (QED) is 0.675. The predicted molar refractivity (Wildman–Crippen MR) is 121 cm³/mol. The van der Waals surface area contributed by atoms with Crippen LogP contribution < -0.4 is 9.47 Å². The Kier molecular flexibility index (Phi) is 6.21. The van der Waals surface area contributed by atoms with Gasteiger partial charge in [0, 0.05) is 13.1 Å². The standard InChI is InChI=1S/C25H34N2O5/c1-14-11-17-19(12-15(14)2)32-24-21(23(17)28)22(27(25(24)29)10-9-26(3)4)16-7-8-18(30-5)20(13-16)31-6/h7-8,13-15,17,19,22H,9-12H2,1-6H3. The highest BCUT2D eigenvalue weighted by Crippen LogP contribution is 2.49. The highest BCUT2D eigenvalue weighted by molar-refractivity contribution is 6.11. The van der Waals surface area contributed by atoms with Crippen LogP contribution in [0.2, 0.25) is 0 Å². The molecule has 2 heterocycles.